The van der Waals surface area contributed by atoms with Crippen LogP contribution >= 0.6 is 34.0 Å². The third-order valence-corrected chi connectivity index (χ3v) is 31.3. The van der Waals surface area contributed by atoms with Crippen molar-refractivity contribution in [3.05, 3.63) is 516 Å². The highest BCUT2D eigenvalue weighted by molar-refractivity contribution is 7.27. The van der Waals surface area contributed by atoms with Crippen molar-refractivity contribution in [1.82, 2.24) is 0 Å². The van der Waals surface area contributed by atoms with Crippen molar-refractivity contribution in [3.63, 3.8) is 0 Å². The van der Waals surface area contributed by atoms with Crippen LogP contribution in [0.15, 0.2) is 516 Å². The van der Waals surface area contributed by atoms with Crippen LogP contribution in [-0.2, 0) is 0 Å². The Morgan fingerprint density at radius 3 is 0.717 bits per heavy atom. The molecule has 0 aliphatic carbocycles. The smallest absolute Gasteiger partial charge is 0.0540 e. The summed E-state index contributed by atoms with van der Waals surface area (Å²) in [6, 6.07) is 188. The number of anilines is 9. The molecule has 25 aromatic carbocycles. The van der Waals surface area contributed by atoms with Crippen molar-refractivity contribution in [2.45, 2.75) is 0 Å². The maximum absolute atomic E-state index is 2.41. The van der Waals surface area contributed by atoms with E-state index in [2.05, 4.69) is 530 Å². The molecule has 0 fully saturated rings. The first-order valence-electron chi connectivity index (χ1n) is 47.1. The molecule has 0 atom stereocenters. The second-order valence-electron chi connectivity index (χ2n) is 35.7. The van der Waals surface area contributed by atoms with Crippen LogP contribution in [0.25, 0.3) is 202 Å². The molecule has 0 aliphatic rings. The van der Waals surface area contributed by atoms with Crippen LogP contribution in [0.2, 0.25) is 0 Å². The number of rotatable bonds is 13. The monoisotopic (exact) mass is 1810 g/mol. The average molecular weight is 1810 g/mol. The molecule has 0 unspecified atom stereocenters. The van der Waals surface area contributed by atoms with Gasteiger partial charge in [-0.15, -0.1) is 34.0 Å². The lowest BCUT2D eigenvalue weighted by atomic mass is 9.98. The van der Waals surface area contributed by atoms with E-state index in [1.165, 1.54) is 208 Å². The molecule has 0 saturated carbocycles. The average Bonchev–Trinajstić information content (AvgIpc) is 1.58. The minimum Gasteiger partial charge on any atom is -0.310 e. The van der Waals surface area contributed by atoms with Gasteiger partial charge in [-0.3, -0.25) is 0 Å². The SMILES string of the molecule is c1ccc(-c2ccc(-c3ccc(N(c4ccc5c(ccc6ccc7c8ccccc8sc7c65)c4)c4cccc5ccccc45)cc3)cc2)cc1.c1ccc(-c2ccc(N(c3ccc4c(ccc5ccc6c7ccccc7sc6c54)c3)c3cccc4ccccc34)cc2)cc1.c1ccc(-c2ccc(N(c3ccc4ccccc4c3)c3ccc4c(ccc5ccc6c7ccccc7sc6c54)c3)cc2)cc1. The number of thiophene rings is 3. The van der Waals surface area contributed by atoms with Crippen LogP contribution in [0.5, 0.6) is 0 Å². The molecular weight excluding hydrogens is 1720 g/mol. The van der Waals surface area contributed by atoms with Crippen LogP contribution in [0.3, 0.4) is 0 Å². The predicted molar refractivity (Wildman–Crippen MR) is 601 cm³/mol. The van der Waals surface area contributed by atoms with Crippen molar-refractivity contribution >= 4 is 243 Å². The Kier molecular flexibility index (Phi) is 20.6. The maximum atomic E-state index is 2.41. The zero-order valence-corrected chi connectivity index (χ0v) is 77.6. The van der Waals surface area contributed by atoms with Crippen molar-refractivity contribution in [3.8, 4) is 44.5 Å². The highest BCUT2D eigenvalue weighted by Gasteiger charge is 2.24. The first-order valence-corrected chi connectivity index (χ1v) is 49.6. The third-order valence-electron chi connectivity index (χ3n) is 27.7. The molecule has 3 nitrogen and oxygen atoms in total. The molecule has 3 aromatic heterocycles. The number of hydrogen-bond acceptors (Lipinski definition) is 6. The Labute approximate surface area is 811 Å². The van der Waals surface area contributed by atoms with Gasteiger partial charge in [-0.2, -0.15) is 0 Å². The molecule has 28 aromatic rings. The van der Waals surface area contributed by atoms with Crippen LogP contribution in [0.1, 0.15) is 0 Å². The van der Waals surface area contributed by atoms with Crippen molar-refractivity contribution in [2.75, 3.05) is 14.7 Å². The Morgan fingerprint density at radius 1 is 0.123 bits per heavy atom. The van der Waals surface area contributed by atoms with Crippen LogP contribution < -0.4 is 14.7 Å². The molecule has 0 N–H and O–H groups in total. The van der Waals surface area contributed by atoms with E-state index in [0.717, 1.165) is 45.5 Å². The summed E-state index contributed by atoms with van der Waals surface area (Å²) < 4.78 is 8.10. The van der Waals surface area contributed by atoms with E-state index in [1.54, 1.807) is 0 Å². The van der Waals surface area contributed by atoms with Gasteiger partial charge >= 0.3 is 0 Å². The molecule has 0 bridgehead atoms. The van der Waals surface area contributed by atoms with Gasteiger partial charge in [0.15, 0.2) is 0 Å². The number of hydrogen-bond donors (Lipinski definition) is 0. The number of benzene rings is 25. The summed E-state index contributed by atoms with van der Waals surface area (Å²) >= 11 is 5.70. The molecule has 0 radical (unpaired) electrons. The predicted octanol–water partition coefficient (Wildman–Crippen LogP) is 39.6. The molecule has 0 aliphatic heterocycles. The van der Waals surface area contributed by atoms with E-state index in [-0.39, 0.29) is 0 Å². The first kappa shape index (κ1) is 81.6. The minimum absolute atomic E-state index is 1.12. The lowest BCUT2D eigenvalue weighted by molar-refractivity contribution is 1.29. The fraction of sp³-hybridized carbons (Fsp3) is 0. The summed E-state index contributed by atoms with van der Waals surface area (Å²) in [6.07, 6.45) is 0. The number of fused-ring (bicyclic) bond motifs is 24. The Balaban J connectivity index is 0.000000107. The highest BCUT2D eigenvalue weighted by atomic mass is 32.1. The standard InChI is InChI=1S/C48H31NS.2C42H27NS/c1-2-9-32(10-3-1)33-17-19-34(20-18-33)35-23-26-39(27-24-35)49(45-15-8-12-36-11-4-5-13-41(36)45)40-28-30-42-38(31-40)22-21-37-25-29-44-43-14-6-7-16-46(43)50-48(44)47(37)42;1-2-9-28(10-3-1)29-19-22-33(23-20-29)43(39-15-8-12-30-11-4-5-13-35(30)39)34-24-26-36-32(27-34)18-17-31-21-25-38-37-14-6-7-16-40(37)44-42(38)41(31)36;1-2-8-28(9-3-1)30-16-20-34(21-17-30)43(35-22-18-29-10-4-5-11-32(29)26-35)36-23-25-37-33(27-36)15-14-31-19-24-39-38-12-6-7-13-40(38)44-42(39)41(31)37/h1-31H;2*1-27H. The Bertz CT molecular complexity index is 9570. The zero-order chi connectivity index (χ0) is 91.1. The molecule has 646 valence electrons. The quantitative estimate of drug-likeness (QED) is 0.107. The summed E-state index contributed by atoms with van der Waals surface area (Å²) in [7, 11) is 0. The summed E-state index contributed by atoms with van der Waals surface area (Å²) in [4.78, 5) is 7.19. The van der Waals surface area contributed by atoms with Gasteiger partial charge in [0.05, 0.1) is 11.4 Å². The Hall–Kier alpha value is -17.1. The molecular formula is C132H85N3S3. The lowest BCUT2D eigenvalue weighted by Crippen LogP contribution is -2.10. The van der Waals surface area contributed by atoms with Gasteiger partial charge < -0.3 is 14.7 Å². The van der Waals surface area contributed by atoms with Crippen LogP contribution in [0.4, 0.5) is 51.2 Å². The molecule has 0 amide bonds. The topological polar surface area (TPSA) is 9.72 Å². The van der Waals surface area contributed by atoms with Gasteiger partial charge in [0.2, 0.25) is 0 Å². The maximum Gasteiger partial charge on any atom is 0.0540 e. The van der Waals surface area contributed by atoms with Crippen LogP contribution in [-0.4, -0.2) is 0 Å². The molecule has 6 heteroatoms. The van der Waals surface area contributed by atoms with Crippen molar-refractivity contribution in [1.29, 1.82) is 0 Å². The third kappa shape index (κ3) is 14.7. The van der Waals surface area contributed by atoms with E-state index < -0.39 is 0 Å². The van der Waals surface area contributed by atoms with E-state index in [9.17, 15) is 0 Å². The number of nitrogens with zero attached hydrogens (tertiary/aromatic N) is 3. The largest absolute Gasteiger partial charge is 0.310 e. The zero-order valence-electron chi connectivity index (χ0n) is 75.1. The fourth-order valence-electron chi connectivity index (χ4n) is 20.9. The molecule has 138 heavy (non-hydrogen) atoms. The Morgan fingerprint density at radius 2 is 0.355 bits per heavy atom. The van der Waals surface area contributed by atoms with Gasteiger partial charge in [-0.25, -0.2) is 0 Å². The lowest BCUT2D eigenvalue weighted by Gasteiger charge is -2.27. The van der Waals surface area contributed by atoms with Gasteiger partial charge in [0.1, 0.15) is 0 Å². The molecule has 3 heterocycles. The van der Waals surface area contributed by atoms with Crippen molar-refractivity contribution < 1.29 is 0 Å². The van der Waals surface area contributed by atoms with Crippen LogP contribution in [0, 0.1) is 0 Å². The summed E-state index contributed by atoms with van der Waals surface area (Å²) in [5.74, 6) is 0. The fourth-order valence-corrected chi connectivity index (χ4v) is 24.8. The second kappa shape index (κ2) is 34.7. The van der Waals surface area contributed by atoms with E-state index in [4.69, 9.17) is 0 Å². The second-order valence-corrected chi connectivity index (χ2v) is 38.8. The van der Waals surface area contributed by atoms with E-state index in [1.807, 2.05) is 34.0 Å². The van der Waals surface area contributed by atoms with Gasteiger partial charge in [0.25, 0.3) is 0 Å². The minimum atomic E-state index is 1.12. The molecule has 0 spiro atoms. The first-order chi connectivity index (χ1) is 68.4. The summed E-state index contributed by atoms with van der Waals surface area (Å²) in [5, 5.41) is 30.9. The van der Waals surface area contributed by atoms with Gasteiger partial charge in [-0.1, -0.05) is 400 Å². The van der Waals surface area contributed by atoms with Gasteiger partial charge in [-0.05, 0) is 230 Å². The summed E-state index contributed by atoms with van der Waals surface area (Å²) in [5.41, 5.74) is 20.0. The normalized spacial score (nSPS) is 11.6. The van der Waals surface area contributed by atoms with Gasteiger partial charge in [0, 0.05) is 127 Å². The highest BCUT2D eigenvalue weighted by Crippen LogP contribution is 2.51. The van der Waals surface area contributed by atoms with E-state index >= 15 is 0 Å². The summed E-state index contributed by atoms with van der Waals surface area (Å²) in [6.45, 7) is 0. The van der Waals surface area contributed by atoms with E-state index in [0.29, 0.717) is 0 Å². The molecule has 28 rings (SSSR count). The van der Waals surface area contributed by atoms with Crippen molar-refractivity contribution in [2.24, 2.45) is 0 Å². The molecule has 0 saturated heterocycles.